The van der Waals surface area contributed by atoms with Gasteiger partial charge < -0.3 is 14.6 Å². The van der Waals surface area contributed by atoms with E-state index in [0.29, 0.717) is 23.8 Å². The normalized spacial score (nSPS) is 11.8. The minimum Gasteiger partial charge on any atom is -0.481 e. The van der Waals surface area contributed by atoms with Crippen LogP contribution in [0.1, 0.15) is 29.7 Å². The fraction of sp³-hybridized carbons (Fsp3) is 0.263. The van der Waals surface area contributed by atoms with Crippen LogP contribution >= 0.6 is 0 Å². The highest BCUT2D eigenvalue weighted by Crippen LogP contribution is 2.18. The Bertz CT molecular complexity index is 864. The highest BCUT2D eigenvalue weighted by molar-refractivity contribution is 5.95. The Hall–Kier alpha value is -3.22. The van der Waals surface area contributed by atoms with Crippen molar-refractivity contribution in [3.63, 3.8) is 0 Å². The van der Waals surface area contributed by atoms with Gasteiger partial charge >= 0.3 is 0 Å². The first-order valence-corrected chi connectivity index (χ1v) is 8.40. The van der Waals surface area contributed by atoms with Crippen molar-refractivity contribution in [2.45, 2.75) is 19.4 Å². The summed E-state index contributed by atoms with van der Waals surface area (Å²) < 4.78 is 7.14. The van der Waals surface area contributed by atoms with Gasteiger partial charge in [0.05, 0.1) is 13.4 Å². The quantitative estimate of drug-likeness (QED) is 0.708. The van der Waals surface area contributed by atoms with Crippen LogP contribution < -0.4 is 10.1 Å². The summed E-state index contributed by atoms with van der Waals surface area (Å²) in [5, 5.41) is 2.95. The Kier molecular flexibility index (Phi) is 5.58. The van der Waals surface area contributed by atoms with Crippen LogP contribution in [-0.4, -0.2) is 39.1 Å². The van der Waals surface area contributed by atoms with E-state index < -0.39 is 0 Å². The molecule has 0 bridgehead atoms. The summed E-state index contributed by atoms with van der Waals surface area (Å²) in [5.41, 5.74) is 1.34. The fourth-order valence-electron chi connectivity index (χ4n) is 2.57. The maximum Gasteiger partial charge on any atom is 0.251 e. The van der Waals surface area contributed by atoms with Crippen LogP contribution in [0.25, 0.3) is 11.4 Å². The molecular formula is C19H21N5O2. The first kappa shape index (κ1) is 17.6. The number of nitrogens with zero attached hydrogens (tertiary/aromatic N) is 4. The predicted octanol–water partition coefficient (Wildman–Crippen LogP) is 2.73. The fourth-order valence-corrected chi connectivity index (χ4v) is 2.57. The van der Waals surface area contributed by atoms with E-state index in [4.69, 9.17) is 4.74 Å². The standard InChI is InChI=1S/C19H21N5O2/c1-14(24-11-10-20-13-24)6-8-22-19(25)16-5-3-4-15(12-16)18-21-9-7-17(23-18)26-2/h3-5,7,9-14H,6,8H2,1-2H3,(H,22,25)/t14-/m1/s1. The number of aromatic nitrogens is 4. The first-order chi connectivity index (χ1) is 12.7. The van der Waals surface area contributed by atoms with Gasteiger partial charge in [0.25, 0.3) is 5.91 Å². The van der Waals surface area contributed by atoms with Crippen molar-refractivity contribution in [1.29, 1.82) is 0 Å². The van der Waals surface area contributed by atoms with Crippen molar-refractivity contribution >= 4 is 5.91 Å². The van der Waals surface area contributed by atoms with Gasteiger partial charge in [-0.3, -0.25) is 4.79 Å². The highest BCUT2D eigenvalue weighted by atomic mass is 16.5. The average molecular weight is 351 g/mol. The van der Waals surface area contributed by atoms with Gasteiger partial charge in [-0.2, -0.15) is 4.98 Å². The van der Waals surface area contributed by atoms with E-state index in [-0.39, 0.29) is 11.9 Å². The summed E-state index contributed by atoms with van der Waals surface area (Å²) >= 11 is 0. The second kappa shape index (κ2) is 8.24. The maximum absolute atomic E-state index is 12.4. The number of amides is 1. The Morgan fingerprint density at radius 3 is 2.96 bits per heavy atom. The minimum atomic E-state index is -0.118. The van der Waals surface area contributed by atoms with Crippen molar-refractivity contribution in [1.82, 2.24) is 24.8 Å². The third-order valence-corrected chi connectivity index (χ3v) is 4.10. The van der Waals surface area contributed by atoms with E-state index in [1.165, 1.54) is 0 Å². The summed E-state index contributed by atoms with van der Waals surface area (Å²) in [5.74, 6) is 0.888. The molecule has 1 N–H and O–H groups in total. The van der Waals surface area contributed by atoms with E-state index in [0.717, 1.165) is 12.0 Å². The number of benzene rings is 1. The lowest BCUT2D eigenvalue weighted by atomic mass is 10.1. The Balaban J connectivity index is 1.63. The zero-order chi connectivity index (χ0) is 18.4. The van der Waals surface area contributed by atoms with Gasteiger partial charge in [-0.15, -0.1) is 0 Å². The van der Waals surface area contributed by atoms with Crippen molar-refractivity contribution in [3.8, 4) is 17.3 Å². The van der Waals surface area contributed by atoms with Gasteiger partial charge in [-0.05, 0) is 25.5 Å². The molecule has 26 heavy (non-hydrogen) atoms. The topological polar surface area (TPSA) is 81.9 Å². The molecule has 0 aliphatic heterocycles. The van der Waals surface area contributed by atoms with Crippen LogP contribution in [0.4, 0.5) is 0 Å². The minimum absolute atomic E-state index is 0.118. The monoisotopic (exact) mass is 351 g/mol. The molecule has 0 aliphatic rings. The van der Waals surface area contributed by atoms with Gasteiger partial charge in [0.1, 0.15) is 0 Å². The first-order valence-electron chi connectivity index (χ1n) is 8.40. The van der Waals surface area contributed by atoms with E-state index in [1.807, 2.05) is 22.9 Å². The molecule has 1 amide bonds. The molecule has 7 heteroatoms. The van der Waals surface area contributed by atoms with Crippen LogP contribution in [0.2, 0.25) is 0 Å². The second-order valence-electron chi connectivity index (χ2n) is 5.91. The van der Waals surface area contributed by atoms with E-state index >= 15 is 0 Å². The molecule has 3 rings (SSSR count). The largest absolute Gasteiger partial charge is 0.481 e. The zero-order valence-electron chi connectivity index (χ0n) is 14.8. The molecule has 0 saturated heterocycles. The summed E-state index contributed by atoms with van der Waals surface area (Å²) in [7, 11) is 1.56. The number of carbonyl (C=O) groups is 1. The number of methoxy groups -OCH3 is 1. The molecule has 2 aromatic heterocycles. The van der Waals surface area contributed by atoms with Crippen LogP contribution in [0, 0.1) is 0 Å². The molecule has 0 spiro atoms. The summed E-state index contributed by atoms with van der Waals surface area (Å²) in [6, 6.07) is 9.20. The van der Waals surface area contributed by atoms with Crippen molar-refractivity contribution < 1.29 is 9.53 Å². The van der Waals surface area contributed by atoms with Gasteiger partial charge in [0.15, 0.2) is 5.82 Å². The number of hydrogen-bond donors (Lipinski definition) is 1. The molecule has 1 aromatic carbocycles. The number of imidazole rings is 1. The second-order valence-corrected chi connectivity index (χ2v) is 5.91. The third kappa shape index (κ3) is 4.24. The molecule has 1 atom stereocenters. The molecule has 3 aromatic rings. The lowest BCUT2D eigenvalue weighted by molar-refractivity contribution is 0.0952. The molecule has 2 heterocycles. The molecule has 7 nitrogen and oxygen atoms in total. The molecule has 0 fully saturated rings. The summed E-state index contributed by atoms with van der Waals surface area (Å²) in [4.78, 5) is 25.0. The van der Waals surface area contributed by atoms with Crippen molar-refractivity contribution in [3.05, 3.63) is 60.8 Å². The Morgan fingerprint density at radius 2 is 2.19 bits per heavy atom. The molecule has 0 radical (unpaired) electrons. The number of hydrogen-bond acceptors (Lipinski definition) is 5. The zero-order valence-corrected chi connectivity index (χ0v) is 14.8. The van der Waals surface area contributed by atoms with E-state index in [1.54, 1.807) is 44.0 Å². The molecule has 134 valence electrons. The van der Waals surface area contributed by atoms with E-state index in [2.05, 4.69) is 27.2 Å². The van der Waals surface area contributed by atoms with Crippen molar-refractivity contribution in [2.75, 3.05) is 13.7 Å². The Labute approximate surface area is 152 Å². The summed E-state index contributed by atoms with van der Waals surface area (Å²) in [6.07, 6.45) is 7.90. The van der Waals surface area contributed by atoms with Crippen LogP contribution in [0.5, 0.6) is 5.88 Å². The van der Waals surface area contributed by atoms with Crippen LogP contribution in [0.15, 0.2) is 55.2 Å². The Morgan fingerprint density at radius 1 is 1.31 bits per heavy atom. The molecule has 0 saturated carbocycles. The lowest BCUT2D eigenvalue weighted by Crippen LogP contribution is -2.26. The summed E-state index contributed by atoms with van der Waals surface area (Å²) in [6.45, 7) is 2.67. The average Bonchev–Trinajstić information content (AvgIpc) is 3.23. The number of nitrogens with one attached hydrogen (secondary N) is 1. The number of carbonyl (C=O) groups excluding carboxylic acids is 1. The van der Waals surface area contributed by atoms with Crippen molar-refractivity contribution in [2.24, 2.45) is 0 Å². The van der Waals surface area contributed by atoms with Gasteiger partial charge in [-0.1, -0.05) is 12.1 Å². The lowest BCUT2D eigenvalue weighted by Gasteiger charge is -2.13. The molecule has 0 aliphatic carbocycles. The molecular weight excluding hydrogens is 330 g/mol. The van der Waals surface area contributed by atoms with Crippen LogP contribution in [-0.2, 0) is 0 Å². The van der Waals surface area contributed by atoms with Crippen LogP contribution in [0.3, 0.4) is 0 Å². The maximum atomic E-state index is 12.4. The van der Waals surface area contributed by atoms with Gasteiger partial charge in [0, 0.05) is 48.4 Å². The smallest absolute Gasteiger partial charge is 0.251 e. The van der Waals surface area contributed by atoms with Gasteiger partial charge in [0.2, 0.25) is 5.88 Å². The third-order valence-electron chi connectivity index (χ3n) is 4.10. The van der Waals surface area contributed by atoms with Gasteiger partial charge in [-0.25, -0.2) is 9.97 Å². The SMILES string of the molecule is COc1ccnc(-c2cccc(C(=O)NCC[C@@H](C)n3ccnc3)c2)n1. The highest BCUT2D eigenvalue weighted by Gasteiger charge is 2.10. The predicted molar refractivity (Wildman–Crippen MR) is 97.9 cm³/mol. The molecule has 0 unspecified atom stereocenters. The van der Waals surface area contributed by atoms with E-state index in [9.17, 15) is 4.79 Å². The number of rotatable bonds is 7. The number of ether oxygens (including phenoxy) is 1.